The molecular formula is C20H28N2O5. The second kappa shape index (κ2) is 7.66. The number of para-hydroxylation sites is 2. The van der Waals surface area contributed by atoms with E-state index >= 15 is 0 Å². The predicted molar refractivity (Wildman–Crippen MR) is 100.0 cm³/mol. The normalized spacial score (nSPS) is 22.1. The highest BCUT2D eigenvalue weighted by Crippen LogP contribution is 2.31. The van der Waals surface area contributed by atoms with Crippen molar-refractivity contribution in [3.8, 4) is 11.5 Å². The molecule has 2 aliphatic rings. The molecule has 0 N–H and O–H groups in total. The van der Waals surface area contributed by atoms with Gasteiger partial charge in [-0.05, 0) is 45.7 Å². The maximum atomic E-state index is 12.9. The molecule has 1 saturated heterocycles. The number of ether oxygens (including phenoxy) is 3. The highest BCUT2D eigenvalue weighted by atomic mass is 16.6. The first kappa shape index (κ1) is 19.3. The molecule has 0 radical (unpaired) electrons. The van der Waals surface area contributed by atoms with Crippen LogP contribution in [-0.4, -0.2) is 66.3 Å². The van der Waals surface area contributed by atoms with Crippen LogP contribution in [0.25, 0.3) is 0 Å². The number of hydrogen-bond acceptors (Lipinski definition) is 5. The summed E-state index contributed by atoms with van der Waals surface area (Å²) in [5.74, 6) is 1.14. The van der Waals surface area contributed by atoms with Crippen LogP contribution in [0.4, 0.5) is 4.79 Å². The topological polar surface area (TPSA) is 68.3 Å². The zero-order chi connectivity index (χ0) is 19.6. The van der Waals surface area contributed by atoms with Gasteiger partial charge in [0.1, 0.15) is 12.2 Å². The molecule has 1 aromatic rings. The number of hydrogen-bond donors (Lipinski definition) is 0. The van der Waals surface area contributed by atoms with Crippen molar-refractivity contribution in [2.45, 2.75) is 51.4 Å². The van der Waals surface area contributed by atoms with E-state index in [0.717, 1.165) is 12.8 Å². The Balaban J connectivity index is 1.61. The Morgan fingerprint density at radius 2 is 1.93 bits per heavy atom. The molecule has 2 amide bonds. The van der Waals surface area contributed by atoms with Crippen LogP contribution in [0.5, 0.6) is 11.5 Å². The summed E-state index contributed by atoms with van der Waals surface area (Å²) < 4.78 is 16.9. The summed E-state index contributed by atoms with van der Waals surface area (Å²) in [7, 11) is 1.73. The van der Waals surface area contributed by atoms with E-state index < -0.39 is 11.7 Å². The molecular weight excluding hydrogens is 348 g/mol. The molecule has 0 saturated carbocycles. The maximum Gasteiger partial charge on any atom is 0.410 e. The lowest BCUT2D eigenvalue weighted by Gasteiger charge is -2.39. The van der Waals surface area contributed by atoms with Crippen molar-refractivity contribution in [3.05, 3.63) is 24.3 Å². The monoisotopic (exact) mass is 376 g/mol. The first-order chi connectivity index (χ1) is 12.7. The van der Waals surface area contributed by atoms with Gasteiger partial charge in [0.15, 0.2) is 11.5 Å². The third-order valence-electron chi connectivity index (χ3n) is 4.72. The van der Waals surface area contributed by atoms with Crippen molar-refractivity contribution in [2.75, 3.05) is 26.7 Å². The number of piperidine rings is 1. The zero-order valence-electron chi connectivity index (χ0n) is 16.4. The average molecular weight is 376 g/mol. The molecule has 3 rings (SSSR count). The van der Waals surface area contributed by atoms with Crippen molar-refractivity contribution in [1.82, 2.24) is 9.80 Å². The van der Waals surface area contributed by atoms with Gasteiger partial charge in [0.2, 0.25) is 6.10 Å². The quantitative estimate of drug-likeness (QED) is 0.794. The standard InChI is InChI=1S/C20H28N2O5/c1-20(2,3)27-19(24)21(4)14-8-7-11-22(12-14)18(23)17-13-25-15-9-5-6-10-16(15)26-17/h5-6,9-10,14,17H,7-8,11-13H2,1-4H3/t14-,17+/m0/s1. The number of rotatable bonds is 2. The van der Waals surface area contributed by atoms with Crippen molar-refractivity contribution >= 4 is 12.0 Å². The van der Waals surface area contributed by atoms with Gasteiger partial charge in [0, 0.05) is 20.1 Å². The van der Waals surface area contributed by atoms with Gasteiger partial charge < -0.3 is 24.0 Å². The summed E-state index contributed by atoms with van der Waals surface area (Å²) >= 11 is 0. The summed E-state index contributed by atoms with van der Waals surface area (Å²) in [5, 5.41) is 0. The van der Waals surface area contributed by atoms with Crippen molar-refractivity contribution < 1.29 is 23.8 Å². The van der Waals surface area contributed by atoms with Crippen molar-refractivity contribution in [1.29, 1.82) is 0 Å². The van der Waals surface area contributed by atoms with Gasteiger partial charge in [-0.1, -0.05) is 12.1 Å². The van der Waals surface area contributed by atoms with E-state index in [1.165, 1.54) is 0 Å². The fourth-order valence-electron chi connectivity index (χ4n) is 3.30. The van der Waals surface area contributed by atoms with Gasteiger partial charge in [-0.2, -0.15) is 0 Å². The Hall–Kier alpha value is -2.44. The summed E-state index contributed by atoms with van der Waals surface area (Å²) in [6.07, 6.45) is 0.636. The van der Waals surface area contributed by atoms with E-state index in [1.807, 2.05) is 39.0 Å². The summed E-state index contributed by atoms with van der Waals surface area (Å²) in [6.45, 7) is 6.84. The highest BCUT2D eigenvalue weighted by molar-refractivity contribution is 5.82. The van der Waals surface area contributed by atoms with E-state index in [4.69, 9.17) is 14.2 Å². The Bertz CT molecular complexity index is 700. The minimum Gasteiger partial charge on any atom is -0.485 e. The van der Waals surface area contributed by atoms with Gasteiger partial charge in [0.25, 0.3) is 5.91 Å². The second-order valence-corrected chi connectivity index (χ2v) is 8.04. The fourth-order valence-corrected chi connectivity index (χ4v) is 3.30. The van der Waals surface area contributed by atoms with Gasteiger partial charge in [-0.25, -0.2) is 4.79 Å². The molecule has 1 aromatic carbocycles. The zero-order valence-corrected chi connectivity index (χ0v) is 16.4. The van der Waals surface area contributed by atoms with Gasteiger partial charge >= 0.3 is 6.09 Å². The summed E-state index contributed by atoms with van der Waals surface area (Å²) in [4.78, 5) is 28.6. The first-order valence-corrected chi connectivity index (χ1v) is 9.37. The lowest BCUT2D eigenvalue weighted by Crippen LogP contribution is -2.55. The van der Waals surface area contributed by atoms with Gasteiger partial charge in [0.05, 0.1) is 6.04 Å². The van der Waals surface area contributed by atoms with Crippen LogP contribution in [0, 0.1) is 0 Å². The Labute approximate surface area is 160 Å². The van der Waals surface area contributed by atoms with E-state index in [-0.39, 0.29) is 24.6 Å². The second-order valence-electron chi connectivity index (χ2n) is 8.04. The van der Waals surface area contributed by atoms with E-state index in [2.05, 4.69) is 0 Å². The number of amides is 2. The number of carbonyl (C=O) groups excluding carboxylic acids is 2. The van der Waals surface area contributed by atoms with E-state index in [1.54, 1.807) is 22.9 Å². The van der Waals surface area contributed by atoms with Crippen molar-refractivity contribution in [3.63, 3.8) is 0 Å². The summed E-state index contributed by atoms with van der Waals surface area (Å²) in [6, 6.07) is 7.26. The molecule has 1 fully saturated rings. The maximum absolute atomic E-state index is 12.9. The van der Waals surface area contributed by atoms with Crippen LogP contribution >= 0.6 is 0 Å². The number of carbonyl (C=O) groups is 2. The van der Waals surface area contributed by atoms with Crippen LogP contribution in [0.3, 0.4) is 0 Å². The Morgan fingerprint density at radius 1 is 1.22 bits per heavy atom. The summed E-state index contributed by atoms with van der Waals surface area (Å²) in [5.41, 5.74) is -0.545. The first-order valence-electron chi connectivity index (χ1n) is 9.37. The third kappa shape index (κ3) is 4.64. The molecule has 2 heterocycles. The van der Waals surface area contributed by atoms with E-state index in [9.17, 15) is 9.59 Å². The van der Waals surface area contributed by atoms with Crippen LogP contribution in [-0.2, 0) is 9.53 Å². The molecule has 0 unspecified atom stereocenters. The van der Waals surface area contributed by atoms with Crippen LogP contribution < -0.4 is 9.47 Å². The molecule has 27 heavy (non-hydrogen) atoms. The van der Waals surface area contributed by atoms with Crippen LogP contribution in [0.15, 0.2) is 24.3 Å². The minimum atomic E-state index is -0.662. The van der Waals surface area contributed by atoms with Gasteiger partial charge in [-0.15, -0.1) is 0 Å². The molecule has 0 spiro atoms. The molecule has 2 aliphatic heterocycles. The number of likely N-dealkylation sites (tertiary alicyclic amines) is 1. The number of benzene rings is 1. The SMILES string of the molecule is CN(C(=O)OC(C)(C)C)[C@H]1CCCN(C(=O)[C@H]2COc3ccccc3O2)C1. The molecule has 148 valence electrons. The van der Waals surface area contributed by atoms with Crippen LogP contribution in [0.1, 0.15) is 33.6 Å². The predicted octanol–water partition coefficient (Wildman–Crippen LogP) is 2.68. The van der Waals surface area contributed by atoms with Crippen LogP contribution in [0.2, 0.25) is 0 Å². The minimum absolute atomic E-state index is 0.0747. The Morgan fingerprint density at radius 3 is 2.63 bits per heavy atom. The number of likely N-dealkylation sites (N-methyl/N-ethyl adjacent to an activating group) is 1. The molecule has 0 aromatic heterocycles. The largest absolute Gasteiger partial charge is 0.485 e. The number of fused-ring (bicyclic) bond motifs is 1. The average Bonchev–Trinajstić information content (AvgIpc) is 2.65. The lowest BCUT2D eigenvalue weighted by atomic mass is 10.0. The Kier molecular flexibility index (Phi) is 5.48. The van der Waals surface area contributed by atoms with Crippen molar-refractivity contribution in [2.24, 2.45) is 0 Å². The lowest BCUT2D eigenvalue weighted by molar-refractivity contribution is -0.143. The van der Waals surface area contributed by atoms with Gasteiger partial charge in [-0.3, -0.25) is 4.79 Å². The highest BCUT2D eigenvalue weighted by Gasteiger charge is 2.36. The molecule has 7 nitrogen and oxygen atoms in total. The molecule has 0 bridgehead atoms. The molecule has 7 heteroatoms. The molecule has 0 aliphatic carbocycles. The smallest absolute Gasteiger partial charge is 0.410 e. The third-order valence-corrected chi connectivity index (χ3v) is 4.72. The molecule has 2 atom stereocenters. The number of nitrogens with zero attached hydrogens (tertiary/aromatic N) is 2. The van der Waals surface area contributed by atoms with E-state index in [0.29, 0.717) is 24.6 Å². The fraction of sp³-hybridized carbons (Fsp3) is 0.600.